The molecule has 0 radical (unpaired) electrons. The van der Waals surface area contributed by atoms with Gasteiger partial charge >= 0.3 is 0 Å². The highest BCUT2D eigenvalue weighted by molar-refractivity contribution is 4.73. The Balaban J connectivity index is 1.90. The molecule has 4 heteroatoms. The van der Waals surface area contributed by atoms with E-state index in [1.807, 2.05) is 0 Å². The molecule has 0 aromatic rings. The number of hydrogen-bond acceptors (Lipinski definition) is 4. The lowest BCUT2D eigenvalue weighted by atomic mass is 9.98. The minimum absolute atomic E-state index is 0.373. The minimum atomic E-state index is -0.373. The molecule has 0 saturated carbocycles. The highest BCUT2D eigenvalue weighted by Gasteiger charge is 2.16. The Bertz CT molecular complexity index is 227. The van der Waals surface area contributed by atoms with E-state index >= 15 is 0 Å². The normalized spacial score (nSPS) is 22.1. The summed E-state index contributed by atoms with van der Waals surface area (Å²) in [6.45, 7) is 7.52. The Morgan fingerprint density at radius 1 is 1.35 bits per heavy atom. The van der Waals surface area contributed by atoms with Gasteiger partial charge in [0, 0.05) is 19.7 Å². The van der Waals surface area contributed by atoms with Crippen LogP contribution in [0.25, 0.3) is 0 Å². The fourth-order valence-corrected chi connectivity index (χ4v) is 2.80. The number of aliphatic hydroxyl groups excluding tert-OH is 1. The maximum absolute atomic E-state index is 9.84. The molecule has 0 aliphatic carbocycles. The van der Waals surface area contributed by atoms with E-state index < -0.39 is 0 Å². The number of piperidine rings is 1. The van der Waals surface area contributed by atoms with Gasteiger partial charge in [0.15, 0.2) is 0 Å². The SMILES string of the molecule is CCCCCCOCC(O)CNCC1CCCN(C)C1. The van der Waals surface area contributed by atoms with E-state index in [1.54, 1.807) is 0 Å². The van der Waals surface area contributed by atoms with E-state index in [2.05, 4.69) is 24.2 Å². The number of hydrogen-bond donors (Lipinski definition) is 2. The summed E-state index contributed by atoms with van der Waals surface area (Å²) in [5.41, 5.74) is 0. The summed E-state index contributed by atoms with van der Waals surface area (Å²) in [5, 5.41) is 13.2. The molecule has 0 aromatic carbocycles. The first kappa shape index (κ1) is 17.9. The monoisotopic (exact) mass is 286 g/mol. The Kier molecular flexibility index (Phi) is 10.3. The first-order valence-corrected chi connectivity index (χ1v) is 8.37. The van der Waals surface area contributed by atoms with Crippen LogP contribution in [0.15, 0.2) is 0 Å². The lowest BCUT2D eigenvalue weighted by molar-refractivity contribution is 0.0346. The molecule has 0 aromatic heterocycles. The van der Waals surface area contributed by atoms with E-state index in [9.17, 15) is 5.11 Å². The second-order valence-electron chi connectivity index (χ2n) is 6.22. The average molecular weight is 286 g/mol. The Morgan fingerprint density at radius 3 is 2.95 bits per heavy atom. The molecule has 0 amide bonds. The van der Waals surface area contributed by atoms with Gasteiger partial charge in [0.25, 0.3) is 0 Å². The molecule has 1 aliphatic heterocycles. The molecule has 0 spiro atoms. The highest BCUT2D eigenvalue weighted by Crippen LogP contribution is 2.13. The van der Waals surface area contributed by atoms with Crippen molar-refractivity contribution in [1.82, 2.24) is 10.2 Å². The van der Waals surface area contributed by atoms with Crippen molar-refractivity contribution in [2.75, 3.05) is 46.4 Å². The zero-order chi connectivity index (χ0) is 14.6. The van der Waals surface area contributed by atoms with Gasteiger partial charge < -0.3 is 20.1 Å². The van der Waals surface area contributed by atoms with Crippen LogP contribution in [-0.4, -0.2) is 62.6 Å². The van der Waals surface area contributed by atoms with Crippen LogP contribution in [0.1, 0.15) is 45.4 Å². The lowest BCUT2D eigenvalue weighted by Gasteiger charge is -2.30. The smallest absolute Gasteiger partial charge is 0.0897 e. The molecule has 1 heterocycles. The molecule has 20 heavy (non-hydrogen) atoms. The molecule has 2 atom stereocenters. The van der Waals surface area contributed by atoms with Crippen molar-refractivity contribution in [2.24, 2.45) is 5.92 Å². The average Bonchev–Trinajstić information content (AvgIpc) is 2.43. The predicted molar refractivity (Wildman–Crippen MR) is 84.1 cm³/mol. The summed E-state index contributed by atoms with van der Waals surface area (Å²) in [6.07, 6.45) is 7.12. The number of aliphatic hydroxyl groups is 1. The summed E-state index contributed by atoms with van der Waals surface area (Å²) >= 11 is 0. The van der Waals surface area contributed by atoms with E-state index in [-0.39, 0.29) is 6.10 Å². The number of rotatable bonds is 11. The first-order valence-electron chi connectivity index (χ1n) is 8.37. The number of unbranched alkanes of at least 4 members (excludes halogenated alkanes) is 3. The molecule has 1 fully saturated rings. The fraction of sp³-hybridized carbons (Fsp3) is 1.00. The molecule has 0 bridgehead atoms. The minimum Gasteiger partial charge on any atom is -0.389 e. The van der Waals surface area contributed by atoms with E-state index in [0.717, 1.165) is 25.5 Å². The van der Waals surface area contributed by atoms with Crippen molar-refractivity contribution in [3.05, 3.63) is 0 Å². The van der Waals surface area contributed by atoms with Crippen LogP contribution in [0.5, 0.6) is 0 Å². The number of likely N-dealkylation sites (tertiary alicyclic amines) is 1. The predicted octanol–water partition coefficient (Wildman–Crippen LogP) is 1.88. The molecule has 1 rings (SSSR count). The summed E-state index contributed by atoms with van der Waals surface area (Å²) in [7, 11) is 2.19. The van der Waals surface area contributed by atoms with Gasteiger partial charge in [-0.2, -0.15) is 0 Å². The van der Waals surface area contributed by atoms with Crippen LogP contribution in [0.3, 0.4) is 0 Å². The van der Waals surface area contributed by atoms with Gasteiger partial charge in [-0.1, -0.05) is 26.2 Å². The third-order valence-electron chi connectivity index (χ3n) is 3.99. The summed E-state index contributed by atoms with van der Waals surface area (Å²) in [5.74, 6) is 0.732. The number of nitrogens with one attached hydrogen (secondary N) is 1. The summed E-state index contributed by atoms with van der Waals surface area (Å²) in [6, 6.07) is 0. The van der Waals surface area contributed by atoms with Crippen LogP contribution in [0, 0.1) is 5.92 Å². The molecule has 4 nitrogen and oxygen atoms in total. The van der Waals surface area contributed by atoms with Gasteiger partial charge in [-0.15, -0.1) is 0 Å². The van der Waals surface area contributed by atoms with Gasteiger partial charge in [-0.3, -0.25) is 0 Å². The zero-order valence-corrected chi connectivity index (χ0v) is 13.4. The Morgan fingerprint density at radius 2 is 2.20 bits per heavy atom. The molecule has 2 unspecified atom stereocenters. The molecule has 120 valence electrons. The first-order chi connectivity index (χ1) is 9.72. The number of ether oxygens (including phenoxy) is 1. The largest absolute Gasteiger partial charge is 0.389 e. The molecule has 2 N–H and O–H groups in total. The topological polar surface area (TPSA) is 44.7 Å². The third-order valence-corrected chi connectivity index (χ3v) is 3.99. The van der Waals surface area contributed by atoms with Crippen molar-refractivity contribution in [1.29, 1.82) is 0 Å². The van der Waals surface area contributed by atoms with Crippen LogP contribution in [0.2, 0.25) is 0 Å². The standard InChI is InChI=1S/C16H34N2O2/c1-3-4-5-6-10-20-14-16(19)12-17-11-15-8-7-9-18(2)13-15/h15-17,19H,3-14H2,1-2H3. The lowest BCUT2D eigenvalue weighted by Crippen LogP contribution is -2.40. The van der Waals surface area contributed by atoms with Gasteiger partial charge in [-0.05, 0) is 45.3 Å². The van der Waals surface area contributed by atoms with Crippen molar-refractivity contribution in [2.45, 2.75) is 51.6 Å². The van der Waals surface area contributed by atoms with Crippen LogP contribution in [0.4, 0.5) is 0 Å². The second kappa shape index (κ2) is 11.5. The highest BCUT2D eigenvalue weighted by atomic mass is 16.5. The Hall–Kier alpha value is -0.160. The van der Waals surface area contributed by atoms with Gasteiger partial charge in [0.2, 0.25) is 0 Å². The van der Waals surface area contributed by atoms with E-state index in [1.165, 1.54) is 45.2 Å². The molecule has 1 saturated heterocycles. The van der Waals surface area contributed by atoms with Gasteiger partial charge in [0.05, 0.1) is 12.7 Å². The molecular weight excluding hydrogens is 252 g/mol. The number of nitrogens with zero attached hydrogens (tertiary/aromatic N) is 1. The summed E-state index contributed by atoms with van der Waals surface area (Å²) in [4.78, 5) is 2.39. The van der Waals surface area contributed by atoms with Crippen LogP contribution in [-0.2, 0) is 4.74 Å². The zero-order valence-electron chi connectivity index (χ0n) is 13.4. The van der Waals surface area contributed by atoms with Crippen molar-refractivity contribution >= 4 is 0 Å². The fourth-order valence-electron chi connectivity index (χ4n) is 2.80. The van der Waals surface area contributed by atoms with E-state index in [0.29, 0.717) is 13.2 Å². The van der Waals surface area contributed by atoms with Gasteiger partial charge in [0.1, 0.15) is 0 Å². The van der Waals surface area contributed by atoms with E-state index in [4.69, 9.17) is 4.74 Å². The molecular formula is C16H34N2O2. The maximum atomic E-state index is 9.84. The van der Waals surface area contributed by atoms with Crippen LogP contribution >= 0.6 is 0 Å². The maximum Gasteiger partial charge on any atom is 0.0897 e. The summed E-state index contributed by atoms with van der Waals surface area (Å²) < 4.78 is 5.50. The van der Waals surface area contributed by atoms with Crippen molar-refractivity contribution in [3.63, 3.8) is 0 Å². The molecule has 1 aliphatic rings. The van der Waals surface area contributed by atoms with Crippen LogP contribution < -0.4 is 5.32 Å². The van der Waals surface area contributed by atoms with Crippen molar-refractivity contribution in [3.8, 4) is 0 Å². The second-order valence-corrected chi connectivity index (χ2v) is 6.22. The Labute approximate surface area is 124 Å². The quantitative estimate of drug-likeness (QED) is 0.569. The van der Waals surface area contributed by atoms with Crippen molar-refractivity contribution < 1.29 is 9.84 Å². The van der Waals surface area contributed by atoms with Gasteiger partial charge in [-0.25, -0.2) is 0 Å². The third kappa shape index (κ3) is 8.90.